The monoisotopic (exact) mass is 205 g/mol. The fourth-order valence-corrected chi connectivity index (χ4v) is 3.69. The second-order valence-electron chi connectivity index (χ2n) is 3.11. The Labute approximate surface area is 80.9 Å². The molecule has 1 saturated heterocycles. The van der Waals surface area contributed by atoms with Gasteiger partial charge in [-0.25, -0.2) is 4.58 Å². The van der Waals surface area contributed by atoms with Crippen LogP contribution in [-0.2, 0) is 0 Å². The highest BCUT2D eigenvalue weighted by Crippen LogP contribution is 2.40. The molecule has 0 aromatic heterocycles. The smallest absolute Gasteiger partial charge is 0.270 e. The van der Waals surface area contributed by atoms with Gasteiger partial charge >= 0.3 is 0 Å². The van der Waals surface area contributed by atoms with E-state index in [1.54, 1.807) is 29.7 Å². The summed E-state index contributed by atoms with van der Waals surface area (Å²) >= 11 is 3.54. The maximum absolute atomic E-state index is 8.44. The van der Waals surface area contributed by atoms with Crippen molar-refractivity contribution in [2.24, 2.45) is 5.16 Å². The molecule has 1 atom stereocenters. The van der Waals surface area contributed by atoms with Gasteiger partial charge in [-0.2, -0.15) is 0 Å². The summed E-state index contributed by atoms with van der Waals surface area (Å²) in [5, 5.41) is 11.5. The Morgan fingerprint density at radius 1 is 1.67 bits per heavy atom. The van der Waals surface area contributed by atoms with Gasteiger partial charge in [0.1, 0.15) is 14.1 Å². The predicted molar refractivity (Wildman–Crippen MR) is 55.8 cm³/mol. The first-order chi connectivity index (χ1) is 5.57. The summed E-state index contributed by atoms with van der Waals surface area (Å²) in [4.78, 5) is 0. The van der Waals surface area contributed by atoms with Crippen LogP contribution in [0.15, 0.2) is 5.16 Å². The van der Waals surface area contributed by atoms with Gasteiger partial charge in [0, 0.05) is 5.75 Å². The molecule has 3 nitrogen and oxygen atoms in total. The standard InChI is InChI=1S/C7H12N2OS2/c1-7(4-8-10)5-11-6(12-7)9(2)3/h4H,5H2,1-3H3/p+1/b8-4-. The van der Waals surface area contributed by atoms with E-state index in [-0.39, 0.29) is 4.75 Å². The van der Waals surface area contributed by atoms with E-state index in [0.717, 1.165) is 5.75 Å². The van der Waals surface area contributed by atoms with Crippen LogP contribution in [0.3, 0.4) is 0 Å². The van der Waals surface area contributed by atoms with Gasteiger partial charge in [0.15, 0.2) is 0 Å². The van der Waals surface area contributed by atoms with Gasteiger partial charge in [0.05, 0.1) is 11.0 Å². The fourth-order valence-electron chi connectivity index (χ4n) is 0.870. The van der Waals surface area contributed by atoms with E-state index in [1.165, 1.54) is 4.38 Å². The molecule has 12 heavy (non-hydrogen) atoms. The second-order valence-corrected chi connectivity index (χ2v) is 5.85. The van der Waals surface area contributed by atoms with Gasteiger partial charge in [-0.1, -0.05) is 0 Å². The lowest BCUT2D eigenvalue weighted by Gasteiger charge is -2.10. The van der Waals surface area contributed by atoms with Crippen LogP contribution in [0.5, 0.6) is 0 Å². The number of nitrogens with zero attached hydrogens (tertiary/aromatic N) is 2. The highest BCUT2D eigenvalue weighted by molar-refractivity contribution is 8.42. The highest BCUT2D eigenvalue weighted by atomic mass is 32.2. The molecule has 1 aliphatic heterocycles. The molecule has 0 aromatic rings. The molecule has 0 amide bonds. The highest BCUT2D eigenvalue weighted by Gasteiger charge is 2.37. The Hall–Kier alpha value is -0.160. The van der Waals surface area contributed by atoms with Crippen molar-refractivity contribution in [3.63, 3.8) is 0 Å². The third-order valence-corrected chi connectivity index (χ3v) is 4.90. The first kappa shape index (κ1) is 9.92. The zero-order valence-corrected chi connectivity index (χ0v) is 9.08. The van der Waals surface area contributed by atoms with E-state index in [9.17, 15) is 0 Å². The van der Waals surface area contributed by atoms with Crippen molar-refractivity contribution < 1.29 is 9.78 Å². The molecule has 0 aliphatic carbocycles. The minimum atomic E-state index is -0.0426. The molecule has 5 heteroatoms. The van der Waals surface area contributed by atoms with Crippen molar-refractivity contribution >= 4 is 34.1 Å². The van der Waals surface area contributed by atoms with Gasteiger partial charge in [-0.15, -0.1) is 5.16 Å². The van der Waals surface area contributed by atoms with E-state index < -0.39 is 0 Å². The minimum Gasteiger partial charge on any atom is -0.411 e. The van der Waals surface area contributed by atoms with Crippen LogP contribution in [0.4, 0.5) is 0 Å². The fraction of sp³-hybridized carbons (Fsp3) is 0.714. The van der Waals surface area contributed by atoms with Crippen molar-refractivity contribution in [1.29, 1.82) is 0 Å². The van der Waals surface area contributed by atoms with E-state index >= 15 is 0 Å². The van der Waals surface area contributed by atoms with Gasteiger partial charge in [-0.05, 0) is 30.4 Å². The first-order valence-electron chi connectivity index (χ1n) is 3.62. The van der Waals surface area contributed by atoms with Crippen LogP contribution in [-0.4, -0.2) is 45.0 Å². The normalized spacial score (nSPS) is 30.1. The Balaban J connectivity index is 2.73. The van der Waals surface area contributed by atoms with Crippen LogP contribution < -0.4 is 0 Å². The molecule has 0 aromatic carbocycles. The predicted octanol–water partition coefficient (Wildman–Crippen LogP) is 1.31. The molecule has 1 rings (SSSR count). The van der Waals surface area contributed by atoms with E-state index in [1.807, 2.05) is 14.1 Å². The van der Waals surface area contributed by atoms with E-state index in [4.69, 9.17) is 5.21 Å². The van der Waals surface area contributed by atoms with E-state index in [2.05, 4.69) is 16.7 Å². The molecular weight excluding hydrogens is 192 g/mol. The van der Waals surface area contributed by atoms with Crippen LogP contribution in [0, 0.1) is 0 Å². The van der Waals surface area contributed by atoms with Crippen LogP contribution >= 0.6 is 23.5 Å². The van der Waals surface area contributed by atoms with Gasteiger partial charge in [0.2, 0.25) is 0 Å². The van der Waals surface area contributed by atoms with Gasteiger partial charge in [0.25, 0.3) is 4.38 Å². The molecule has 0 spiro atoms. The Kier molecular flexibility index (Phi) is 3.06. The lowest BCUT2D eigenvalue weighted by molar-refractivity contribution is -0.458. The summed E-state index contributed by atoms with van der Waals surface area (Å²) < 4.78 is 3.32. The Morgan fingerprint density at radius 3 is 2.75 bits per heavy atom. The third kappa shape index (κ3) is 2.17. The van der Waals surface area contributed by atoms with Crippen molar-refractivity contribution in [3.8, 4) is 0 Å². The Morgan fingerprint density at radius 2 is 2.33 bits per heavy atom. The summed E-state index contributed by atoms with van der Waals surface area (Å²) in [5.74, 6) is 0.968. The van der Waals surface area contributed by atoms with Crippen LogP contribution in [0.1, 0.15) is 6.92 Å². The molecule has 1 N–H and O–H groups in total. The lowest BCUT2D eigenvalue weighted by Crippen LogP contribution is -2.21. The van der Waals surface area contributed by atoms with Crippen molar-refractivity contribution in [2.75, 3.05) is 19.8 Å². The number of hydrogen-bond acceptors (Lipinski definition) is 4. The molecule has 1 aliphatic rings. The minimum absolute atomic E-state index is 0.0426. The number of hydrogen-bond donors (Lipinski definition) is 1. The zero-order valence-electron chi connectivity index (χ0n) is 7.44. The first-order valence-corrected chi connectivity index (χ1v) is 5.42. The number of oxime groups is 1. The zero-order chi connectivity index (χ0) is 9.19. The van der Waals surface area contributed by atoms with Crippen LogP contribution in [0.2, 0.25) is 0 Å². The molecule has 68 valence electrons. The molecule has 0 saturated carbocycles. The van der Waals surface area contributed by atoms with E-state index in [0.29, 0.717) is 0 Å². The summed E-state index contributed by atoms with van der Waals surface area (Å²) in [6, 6.07) is 0. The molecule has 0 bridgehead atoms. The molecule has 1 fully saturated rings. The summed E-state index contributed by atoms with van der Waals surface area (Å²) in [7, 11) is 4.05. The molecule has 0 radical (unpaired) electrons. The average molecular weight is 205 g/mol. The van der Waals surface area contributed by atoms with Crippen molar-refractivity contribution in [3.05, 3.63) is 0 Å². The molecule has 1 unspecified atom stereocenters. The molecular formula is C7H13N2OS2+. The maximum atomic E-state index is 8.44. The quantitative estimate of drug-likeness (QED) is 0.303. The molecule has 1 heterocycles. The summed E-state index contributed by atoms with van der Waals surface area (Å²) in [6.45, 7) is 2.07. The largest absolute Gasteiger partial charge is 0.411 e. The van der Waals surface area contributed by atoms with Gasteiger partial charge < -0.3 is 5.21 Å². The van der Waals surface area contributed by atoms with Gasteiger partial charge in [-0.3, -0.25) is 0 Å². The summed E-state index contributed by atoms with van der Waals surface area (Å²) in [6.07, 6.45) is 1.60. The van der Waals surface area contributed by atoms with Crippen molar-refractivity contribution in [2.45, 2.75) is 11.7 Å². The summed E-state index contributed by atoms with van der Waals surface area (Å²) in [5.41, 5.74) is 0. The average Bonchev–Trinajstić information content (AvgIpc) is 2.33. The topological polar surface area (TPSA) is 35.6 Å². The van der Waals surface area contributed by atoms with Crippen LogP contribution in [0.25, 0.3) is 0 Å². The maximum Gasteiger partial charge on any atom is 0.270 e. The Bertz CT molecular complexity index is 236. The number of thioether (sulfide) groups is 2. The van der Waals surface area contributed by atoms with Crippen molar-refractivity contribution in [1.82, 2.24) is 0 Å². The second kappa shape index (κ2) is 3.70. The third-order valence-electron chi connectivity index (χ3n) is 1.50. The SMILES string of the molecule is C[N+](C)=C1SCC(C)(/C=N\O)S1. The number of rotatable bonds is 1. The lowest BCUT2D eigenvalue weighted by atomic mass is 10.2.